The molecule has 15 heavy (non-hydrogen) atoms. The summed E-state index contributed by atoms with van der Waals surface area (Å²) in [5.41, 5.74) is 1.29. The Morgan fingerprint density at radius 2 is 2.13 bits per heavy atom. The van der Waals surface area contributed by atoms with Crippen LogP contribution in [0, 0.1) is 5.92 Å². The molecule has 2 nitrogen and oxygen atoms in total. The largest absolute Gasteiger partial charge is 0.314 e. The van der Waals surface area contributed by atoms with Gasteiger partial charge in [-0.2, -0.15) is 0 Å². The minimum absolute atomic E-state index is 0.550. The maximum Gasteiger partial charge on any atom is 0.0410 e. The van der Waals surface area contributed by atoms with Crippen LogP contribution in [0.25, 0.3) is 0 Å². The molecule has 84 valence electrons. The quantitative estimate of drug-likeness (QED) is 0.890. The molecule has 0 saturated heterocycles. The summed E-state index contributed by atoms with van der Waals surface area (Å²) < 4.78 is 1.06. The molecule has 0 bridgehead atoms. The van der Waals surface area contributed by atoms with E-state index in [-0.39, 0.29) is 0 Å². The van der Waals surface area contributed by atoms with Gasteiger partial charge in [0.15, 0.2) is 0 Å². The van der Waals surface area contributed by atoms with Gasteiger partial charge in [-0.05, 0) is 53.4 Å². The number of hydrogen-bond acceptors (Lipinski definition) is 2. The summed E-state index contributed by atoms with van der Waals surface area (Å²) in [4.78, 5) is 4.18. The first-order valence-corrected chi connectivity index (χ1v) is 6.25. The highest BCUT2D eigenvalue weighted by molar-refractivity contribution is 9.10. The van der Waals surface area contributed by atoms with Gasteiger partial charge in [0.2, 0.25) is 0 Å². The molecular formula is C12H19BrN2. The van der Waals surface area contributed by atoms with E-state index in [9.17, 15) is 0 Å². The van der Waals surface area contributed by atoms with E-state index in [1.54, 1.807) is 0 Å². The molecule has 0 amide bonds. The van der Waals surface area contributed by atoms with E-state index in [4.69, 9.17) is 0 Å². The van der Waals surface area contributed by atoms with Crippen molar-refractivity contribution < 1.29 is 0 Å². The van der Waals surface area contributed by atoms with Gasteiger partial charge in [-0.3, -0.25) is 4.98 Å². The molecule has 1 N–H and O–H groups in total. The summed E-state index contributed by atoms with van der Waals surface area (Å²) in [6.45, 7) is 7.68. The van der Waals surface area contributed by atoms with Crippen LogP contribution < -0.4 is 5.32 Å². The fraction of sp³-hybridized carbons (Fsp3) is 0.583. The number of rotatable bonds is 5. The minimum Gasteiger partial charge on any atom is -0.314 e. The molecule has 3 heteroatoms. The van der Waals surface area contributed by atoms with Crippen molar-refractivity contribution in [1.82, 2.24) is 10.3 Å². The lowest BCUT2D eigenvalue weighted by Gasteiger charge is -2.20. The monoisotopic (exact) mass is 270 g/mol. The maximum atomic E-state index is 4.18. The molecule has 0 spiro atoms. The number of nitrogens with one attached hydrogen (secondary N) is 1. The van der Waals surface area contributed by atoms with Crippen LogP contribution >= 0.6 is 15.9 Å². The number of aromatic nitrogens is 1. The molecule has 0 radical (unpaired) electrons. The van der Waals surface area contributed by atoms with Crippen molar-refractivity contribution in [3.8, 4) is 0 Å². The van der Waals surface area contributed by atoms with E-state index >= 15 is 0 Å². The van der Waals surface area contributed by atoms with E-state index < -0.39 is 0 Å². The van der Waals surface area contributed by atoms with Crippen molar-refractivity contribution in [2.75, 3.05) is 6.54 Å². The predicted octanol–water partition coefficient (Wildman–Crippen LogP) is 3.02. The first kappa shape index (κ1) is 12.7. The maximum absolute atomic E-state index is 4.18. The van der Waals surface area contributed by atoms with E-state index in [1.165, 1.54) is 5.56 Å². The Morgan fingerprint density at radius 3 is 2.73 bits per heavy atom. The highest BCUT2D eigenvalue weighted by Gasteiger charge is 2.11. The summed E-state index contributed by atoms with van der Waals surface area (Å²) in [7, 11) is 0. The molecule has 2 unspecified atom stereocenters. The summed E-state index contributed by atoms with van der Waals surface area (Å²) >= 11 is 3.44. The van der Waals surface area contributed by atoms with Crippen molar-refractivity contribution in [3.63, 3.8) is 0 Å². The van der Waals surface area contributed by atoms with Gasteiger partial charge in [-0.25, -0.2) is 0 Å². The number of pyridine rings is 1. The van der Waals surface area contributed by atoms with Crippen LogP contribution in [0.3, 0.4) is 0 Å². The molecule has 0 aliphatic rings. The van der Waals surface area contributed by atoms with Gasteiger partial charge >= 0.3 is 0 Å². The summed E-state index contributed by atoms with van der Waals surface area (Å²) in [6, 6.07) is 2.69. The molecule has 0 aliphatic carbocycles. The van der Waals surface area contributed by atoms with Crippen LogP contribution in [0.4, 0.5) is 0 Å². The third kappa shape index (κ3) is 4.31. The van der Waals surface area contributed by atoms with Crippen molar-refractivity contribution in [2.45, 2.75) is 33.2 Å². The van der Waals surface area contributed by atoms with Gasteiger partial charge < -0.3 is 5.32 Å². The molecule has 1 heterocycles. The Labute approximate surface area is 101 Å². The predicted molar refractivity (Wildman–Crippen MR) is 67.9 cm³/mol. The molecule has 2 atom stereocenters. The molecule has 0 saturated carbocycles. The van der Waals surface area contributed by atoms with Crippen LogP contribution in [-0.2, 0) is 6.42 Å². The molecule has 0 fully saturated rings. The molecule has 1 rings (SSSR count). The van der Waals surface area contributed by atoms with Crippen molar-refractivity contribution >= 4 is 15.9 Å². The van der Waals surface area contributed by atoms with Gasteiger partial charge in [0.05, 0.1) is 0 Å². The molecule has 1 aromatic heterocycles. The molecular weight excluding hydrogens is 252 g/mol. The standard InChI is InChI=1S/C12H19BrN2/c1-4-15-10(3)9(2)5-11-6-12(13)8-14-7-11/h6-10,15H,4-5H2,1-3H3. The number of nitrogens with zero attached hydrogens (tertiary/aromatic N) is 1. The molecule has 0 aromatic carbocycles. The van der Waals surface area contributed by atoms with E-state index in [2.05, 4.69) is 53.1 Å². The lowest BCUT2D eigenvalue weighted by atomic mass is 9.96. The van der Waals surface area contributed by atoms with Gasteiger partial charge in [0, 0.05) is 22.9 Å². The molecule has 0 aliphatic heterocycles. The Hall–Kier alpha value is -0.410. The number of hydrogen-bond donors (Lipinski definition) is 1. The van der Waals surface area contributed by atoms with E-state index in [0.717, 1.165) is 17.4 Å². The molecule has 1 aromatic rings. The van der Waals surface area contributed by atoms with Gasteiger partial charge in [0.25, 0.3) is 0 Å². The second kappa shape index (κ2) is 6.23. The van der Waals surface area contributed by atoms with E-state index in [0.29, 0.717) is 12.0 Å². The van der Waals surface area contributed by atoms with Gasteiger partial charge in [-0.15, -0.1) is 0 Å². The highest BCUT2D eigenvalue weighted by atomic mass is 79.9. The van der Waals surface area contributed by atoms with Crippen molar-refractivity contribution in [3.05, 3.63) is 28.5 Å². The second-order valence-electron chi connectivity index (χ2n) is 4.04. The van der Waals surface area contributed by atoms with Crippen LogP contribution in [0.2, 0.25) is 0 Å². The zero-order chi connectivity index (χ0) is 11.3. The topological polar surface area (TPSA) is 24.9 Å². The smallest absolute Gasteiger partial charge is 0.0410 e. The number of halogens is 1. The van der Waals surface area contributed by atoms with Gasteiger partial charge in [-0.1, -0.05) is 13.8 Å². The van der Waals surface area contributed by atoms with Crippen LogP contribution in [-0.4, -0.2) is 17.6 Å². The van der Waals surface area contributed by atoms with Crippen molar-refractivity contribution in [1.29, 1.82) is 0 Å². The normalized spacial score (nSPS) is 14.9. The fourth-order valence-corrected chi connectivity index (χ4v) is 2.05. The summed E-state index contributed by atoms with van der Waals surface area (Å²) in [6.07, 6.45) is 4.84. The lowest BCUT2D eigenvalue weighted by molar-refractivity contribution is 0.406. The Morgan fingerprint density at radius 1 is 1.40 bits per heavy atom. The summed E-state index contributed by atoms with van der Waals surface area (Å²) in [5, 5.41) is 3.45. The van der Waals surface area contributed by atoms with Gasteiger partial charge in [0.1, 0.15) is 0 Å². The average molecular weight is 271 g/mol. The third-order valence-electron chi connectivity index (χ3n) is 2.70. The van der Waals surface area contributed by atoms with Crippen molar-refractivity contribution in [2.24, 2.45) is 5.92 Å². The first-order chi connectivity index (χ1) is 7.13. The first-order valence-electron chi connectivity index (χ1n) is 5.46. The summed E-state index contributed by atoms with van der Waals surface area (Å²) in [5.74, 6) is 0.626. The third-order valence-corrected chi connectivity index (χ3v) is 3.13. The Bertz CT molecular complexity index is 301. The Kier molecular flexibility index (Phi) is 5.26. The zero-order valence-electron chi connectivity index (χ0n) is 9.63. The van der Waals surface area contributed by atoms with Crippen LogP contribution in [0.15, 0.2) is 22.9 Å². The Balaban J connectivity index is 2.54. The minimum atomic E-state index is 0.550. The SMILES string of the molecule is CCNC(C)C(C)Cc1cncc(Br)c1. The fourth-order valence-electron chi connectivity index (χ4n) is 1.64. The van der Waals surface area contributed by atoms with Crippen LogP contribution in [0.1, 0.15) is 26.3 Å². The lowest BCUT2D eigenvalue weighted by Crippen LogP contribution is -2.32. The zero-order valence-corrected chi connectivity index (χ0v) is 11.2. The second-order valence-corrected chi connectivity index (χ2v) is 4.95. The highest BCUT2D eigenvalue weighted by Crippen LogP contribution is 2.15. The van der Waals surface area contributed by atoms with Crippen LogP contribution in [0.5, 0.6) is 0 Å². The average Bonchev–Trinajstić information content (AvgIpc) is 2.18. The van der Waals surface area contributed by atoms with E-state index in [1.807, 2.05) is 12.4 Å².